The van der Waals surface area contributed by atoms with Crippen molar-refractivity contribution in [1.29, 1.82) is 0 Å². The lowest BCUT2D eigenvalue weighted by Crippen LogP contribution is -2.41. The highest BCUT2D eigenvalue weighted by Gasteiger charge is 2.19. The minimum atomic E-state index is -0.580. The Balaban J connectivity index is 1.84. The van der Waals surface area contributed by atoms with Crippen LogP contribution in [0.5, 0.6) is 0 Å². The zero-order chi connectivity index (χ0) is 15.1. The molecule has 0 aliphatic heterocycles. The first-order valence-corrected chi connectivity index (χ1v) is 7.90. The summed E-state index contributed by atoms with van der Waals surface area (Å²) in [6.45, 7) is 2.08. The van der Waals surface area contributed by atoms with Gasteiger partial charge in [0.2, 0.25) is 0 Å². The zero-order valence-corrected chi connectivity index (χ0v) is 12.7. The van der Waals surface area contributed by atoms with E-state index in [4.69, 9.17) is 0 Å². The normalized spacial score (nSPS) is 16.0. The summed E-state index contributed by atoms with van der Waals surface area (Å²) in [7, 11) is 0. The average Bonchev–Trinajstić information content (AvgIpc) is 2.76. The van der Waals surface area contributed by atoms with Gasteiger partial charge in [-0.25, -0.2) is 0 Å². The van der Waals surface area contributed by atoms with Crippen molar-refractivity contribution < 1.29 is 9.59 Å². The van der Waals surface area contributed by atoms with Gasteiger partial charge < -0.3 is 10.6 Å². The lowest BCUT2D eigenvalue weighted by molar-refractivity contribution is -0.136. The Labute approximate surface area is 126 Å². The second-order valence-corrected chi connectivity index (χ2v) is 5.67. The Morgan fingerprint density at radius 3 is 2.19 bits per heavy atom. The molecule has 2 amide bonds. The van der Waals surface area contributed by atoms with Crippen LogP contribution in [-0.4, -0.2) is 17.9 Å². The van der Waals surface area contributed by atoms with Crippen molar-refractivity contribution >= 4 is 17.5 Å². The van der Waals surface area contributed by atoms with Gasteiger partial charge in [-0.15, -0.1) is 0 Å². The molecule has 0 radical (unpaired) electrons. The molecule has 0 aromatic heterocycles. The van der Waals surface area contributed by atoms with E-state index in [2.05, 4.69) is 17.6 Å². The van der Waals surface area contributed by atoms with Crippen LogP contribution in [0.15, 0.2) is 24.3 Å². The summed E-state index contributed by atoms with van der Waals surface area (Å²) in [6, 6.07) is 7.72. The van der Waals surface area contributed by atoms with Crippen LogP contribution in [0.1, 0.15) is 51.0 Å². The molecule has 1 aromatic carbocycles. The Hall–Kier alpha value is -1.84. The molecule has 0 atom stereocenters. The van der Waals surface area contributed by atoms with E-state index in [0.29, 0.717) is 5.69 Å². The Bertz CT molecular complexity index is 474. The van der Waals surface area contributed by atoms with Gasteiger partial charge in [0.1, 0.15) is 0 Å². The highest BCUT2D eigenvalue weighted by Crippen LogP contribution is 2.17. The molecular formula is C17H24N2O2. The van der Waals surface area contributed by atoms with Gasteiger partial charge >= 0.3 is 11.8 Å². The van der Waals surface area contributed by atoms with Crippen molar-refractivity contribution in [2.24, 2.45) is 0 Å². The van der Waals surface area contributed by atoms with Crippen molar-refractivity contribution in [3.05, 3.63) is 29.8 Å². The molecule has 2 rings (SSSR count). The second kappa shape index (κ2) is 7.81. The maximum atomic E-state index is 11.9. The van der Waals surface area contributed by atoms with Crippen LogP contribution in [0.3, 0.4) is 0 Å². The van der Waals surface area contributed by atoms with Gasteiger partial charge in [0.25, 0.3) is 0 Å². The van der Waals surface area contributed by atoms with Gasteiger partial charge in [-0.2, -0.15) is 0 Å². The van der Waals surface area contributed by atoms with E-state index in [0.717, 1.165) is 32.1 Å². The van der Waals surface area contributed by atoms with E-state index in [1.807, 2.05) is 24.3 Å². The molecule has 1 saturated carbocycles. The predicted molar refractivity (Wildman–Crippen MR) is 84.1 cm³/mol. The Morgan fingerprint density at radius 1 is 1.00 bits per heavy atom. The van der Waals surface area contributed by atoms with E-state index in [9.17, 15) is 9.59 Å². The summed E-state index contributed by atoms with van der Waals surface area (Å²) in [4.78, 5) is 23.8. The molecule has 0 spiro atoms. The summed E-state index contributed by atoms with van der Waals surface area (Å²) in [5, 5.41) is 5.50. The monoisotopic (exact) mass is 288 g/mol. The molecule has 0 heterocycles. The number of hydrogen-bond acceptors (Lipinski definition) is 2. The first-order valence-electron chi connectivity index (χ1n) is 7.90. The number of carbonyl (C=O) groups excluding carboxylic acids is 2. The van der Waals surface area contributed by atoms with Crippen molar-refractivity contribution in [1.82, 2.24) is 5.32 Å². The van der Waals surface area contributed by atoms with E-state index in [1.54, 1.807) is 0 Å². The zero-order valence-electron chi connectivity index (χ0n) is 12.7. The molecule has 2 N–H and O–H groups in total. The molecule has 1 aliphatic carbocycles. The third-order valence-electron chi connectivity index (χ3n) is 4.02. The van der Waals surface area contributed by atoms with Gasteiger partial charge in [-0.1, -0.05) is 44.7 Å². The third kappa shape index (κ3) is 4.88. The molecular weight excluding hydrogens is 264 g/mol. The predicted octanol–water partition coefficient (Wildman–Crippen LogP) is 3.03. The molecule has 114 valence electrons. The van der Waals surface area contributed by atoms with Crippen LogP contribution >= 0.6 is 0 Å². The largest absolute Gasteiger partial charge is 0.345 e. The number of nitrogens with one attached hydrogen (secondary N) is 2. The van der Waals surface area contributed by atoms with Gasteiger partial charge in [0.15, 0.2) is 0 Å². The van der Waals surface area contributed by atoms with Crippen LogP contribution in [-0.2, 0) is 16.0 Å². The smallest absolute Gasteiger partial charge is 0.313 e. The standard InChI is InChI=1S/C17H24N2O2/c1-2-13-9-11-15(12-10-13)19-17(21)16(20)18-14-7-5-3-4-6-8-14/h9-12,14H,2-8H2,1H3,(H,18,20)(H,19,21). The Kier molecular flexibility index (Phi) is 5.78. The van der Waals surface area contributed by atoms with Crippen LogP contribution < -0.4 is 10.6 Å². The first kappa shape index (κ1) is 15.5. The highest BCUT2D eigenvalue weighted by atomic mass is 16.2. The molecule has 0 unspecified atom stereocenters. The van der Waals surface area contributed by atoms with E-state index in [1.165, 1.54) is 18.4 Å². The fraction of sp³-hybridized carbons (Fsp3) is 0.529. The van der Waals surface area contributed by atoms with Gasteiger partial charge in [0, 0.05) is 11.7 Å². The molecule has 0 bridgehead atoms. The van der Waals surface area contributed by atoms with Crippen molar-refractivity contribution in [3.63, 3.8) is 0 Å². The van der Waals surface area contributed by atoms with Crippen molar-refractivity contribution in [3.8, 4) is 0 Å². The molecule has 4 heteroatoms. The summed E-state index contributed by atoms with van der Waals surface area (Å²) < 4.78 is 0. The van der Waals surface area contributed by atoms with E-state index < -0.39 is 11.8 Å². The third-order valence-corrected chi connectivity index (χ3v) is 4.02. The lowest BCUT2D eigenvalue weighted by atomic mass is 10.1. The fourth-order valence-corrected chi connectivity index (χ4v) is 2.69. The highest BCUT2D eigenvalue weighted by molar-refractivity contribution is 6.39. The van der Waals surface area contributed by atoms with Gasteiger partial charge in [-0.3, -0.25) is 9.59 Å². The van der Waals surface area contributed by atoms with Crippen LogP contribution in [0.4, 0.5) is 5.69 Å². The quantitative estimate of drug-likeness (QED) is 0.663. The molecule has 1 aromatic rings. The number of benzene rings is 1. The minimum Gasteiger partial charge on any atom is -0.345 e. The number of anilines is 1. The maximum absolute atomic E-state index is 11.9. The van der Waals surface area contributed by atoms with Crippen molar-refractivity contribution in [2.45, 2.75) is 57.9 Å². The maximum Gasteiger partial charge on any atom is 0.313 e. The number of carbonyl (C=O) groups is 2. The van der Waals surface area contributed by atoms with Crippen LogP contribution in [0.25, 0.3) is 0 Å². The number of amides is 2. The fourth-order valence-electron chi connectivity index (χ4n) is 2.69. The topological polar surface area (TPSA) is 58.2 Å². The van der Waals surface area contributed by atoms with Crippen LogP contribution in [0.2, 0.25) is 0 Å². The minimum absolute atomic E-state index is 0.146. The molecule has 1 aliphatic rings. The average molecular weight is 288 g/mol. The molecule has 4 nitrogen and oxygen atoms in total. The van der Waals surface area contributed by atoms with Crippen molar-refractivity contribution in [2.75, 3.05) is 5.32 Å². The summed E-state index contributed by atoms with van der Waals surface area (Å²) >= 11 is 0. The molecule has 21 heavy (non-hydrogen) atoms. The lowest BCUT2D eigenvalue weighted by Gasteiger charge is -2.15. The summed E-state index contributed by atoms with van der Waals surface area (Å²) in [5.41, 5.74) is 1.86. The number of aryl methyl sites for hydroxylation is 1. The molecule has 1 fully saturated rings. The number of hydrogen-bond donors (Lipinski definition) is 2. The molecule has 0 saturated heterocycles. The van der Waals surface area contributed by atoms with Gasteiger partial charge in [0.05, 0.1) is 0 Å². The SMILES string of the molecule is CCc1ccc(NC(=O)C(=O)NC2CCCCCC2)cc1. The van der Waals surface area contributed by atoms with E-state index in [-0.39, 0.29) is 6.04 Å². The van der Waals surface area contributed by atoms with E-state index >= 15 is 0 Å². The first-order chi connectivity index (χ1) is 10.2. The Morgan fingerprint density at radius 2 is 1.62 bits per heavy atom. The second-order valence-electron chi connectivity index (χ2n) is 5.67. The summed E-state index contributed by atoms with van der Waals surface area (Å²) in [5.74, 6) is -1.11. The van der Waals surface area contributed by atoms with Gasteiger partial charge in [-0.05, 0) is 37.0 Å². The van der Waals surface area contributed by atoms with Crippen LogP contribution in [0, 0.1) is 0 Å². The number of rotatable bonds is 3. The summed E-state index contributed by atoms with van der Waals surface area (Å²) in [6.07, 6.45) is 7.62.